The molecule has 2 aromatic rings. The van der Waals surface area contributed by atoms with Gasteiger partial charge in [0.25, 0.3) is 5.69 Å². The van der Waals surface area contributed by atoms with Crippen molar-refractivity contribution in [3.05, 3.63) is 68.7 Å². The Morgan fingerprint density at radius 1 is 1.00 bits per heavy atom. The fourth-order valence-electron chi connectivity index (χ4n) is 4.99. The number of carbonyl (C=O) groups excluding carboxylic acids is 3. The number of halogens is 1. The van der Waals surface area contributed by atoms with E-state index in [2.05, 4.69) is 0 Å². The SMILES string of the molecule is O=C1C[C@@H]2c3ccccc3[C@@H]1[C@H]1C(=O)N(c3ccc(Cl)c([N+](=O)[O-])c3)C(=O)[C@@H]12. The van der Waals surface area contributed by atoms with E-state index in [9.17, 15) is 24.5 Å². The van der Waals surface area contributed by atoms with Crippen LogP contribution in [0.3, 0.4) is 0 Å². The van der Waals surface area contributed by atoms with Gasteiger partial charge < -0.3 is 0 Å². The molecular weight excluding hydrogens is 384 g/mol. The minimum absolute atomic E-state index is 0.0324. The first-order chi connectivity index (χ1) is 13.4. The molecule has 1 saturated carbocycles. The van der Waals surface area contributed by atoms with E-state index < -0.39 is 34.5 Å². The lowest BCUT2D eigenvalue weighted by atomic mass is 9.56. The van der Waals surface area contributed by atoms with Gasteiger partial charge in [-0.3, -0.25) is 24.5 Å². The molecule has 140 valence electrons. The highest BCUT2D eigenvalue weighted by atomic mass is 35.5. The third kappa shape index (κ3) is 2.08. The molecule has 2 bridgehead atoms. The number of nitro benzene ring substituents is 1. The molecule has 6 rings (SSSR count). The number of ketones is 1. The summed E-state index contributed by atoms with van der Waals surface area (Å²) in [6.07, 6.45) is 0.233. The van der Waals surface area contributed by atoms with Gasteiger partial charge >= 0.3 is 0 Å². The zero-order chi connectivity index (χ0) is 19.7. The lowest BCUT2D eigenvalue weighted by molar-refractivity contribution is -0.384. The van der Waals surface area contributed by atoms with E-state index >= 15 is 0 Å². The Morgan fingerprint density at radius 2 is 1.68 bits per heavy atom. The first-order valence-corrected chi connectivity index (χ1v) is 9.21. The van der Waals surface area contributed by atoms with E-state index in [4.69, 9.17) is 11.6 Å². The average molecular weight is 397 g/mol. The summed E-state index contributed by atoms with van der Waals surface area (Å²) in [6.45, 7) is 0. The van der Waals surface area contributed by atoms with Crippen LogP contribution < -0.4 is 4.90 Å². The second-order valence-electron chi connectivity index (χ2n) is 7.34. The Morgan fingerprint density at radius 3 is 2.39 bits per heavy atom. The fourth-order valence-corrected chi connectivity index (χ4v) is 5.18. The molecule has 4 atom stereocenters. The predicted octanol–water partition coefficient (Wildman–Crippen LogP) is 3.21. The van der Waals surface area contributed by atoms with Crippen LogP contribution >= 0.6 is 11.6 Å². The number of hydrogen-bond acceptors (Lipinski definition) is 5. The number of nitrogens with zero attached hydrogens (tertiary/aromatic N) is 2. The quantitative estimate of drug-likeness (QED) is 0.441. The third-order valence-electron chi connectivity index (χ3n) is 6.07. The van der Waals surface area contributed by atoms with E-state index in [0.29, 0.717) is 0 Å². The van der Waals surface area contributed by atoms with Crippen LogP contribution in [0.4, 0.5) is 11.4 Å². The summed E-state index contributed by atoms with van der Waals surface area (Å²) in [5, 5.41) is 11.1. The van der Waals surface area contributed by atoms with Crippen molar-refractivity contribution in [3.8, 4) is 0 Å². The number of Topliss-reactive ketones (excluding diaryl/α,β-unsaturated/α-hetero) is 1. The van der Waals surface area contributed by atoms with Gasteiger partial charge in [-0.15, -0.1) is 0 Å². The number of amides is 2. The molecule has 2 fully saturated rings. The monoisotopic (exact) mass is 396 g/mol. The van der Waals surface area contributed by atoms with Crippen molar-refractivity contribution in [2.45, 2.75) is 18.3 Å². The molecule has 8 heteroatoms. The van der Waals surface area contributed by atoms with Crippen molar-refractivity contribution in [2.75, 3.05) is 4.90 Å². The summed E-state index contributed by atoms with van der Waals surface area (Å²) in [4.78, 5) is 50.6. The molecule has 0 radical (unpaired) electrons. The molecule has 4 aliphatic rings. The highest BCUT2D eigenvalue weighted by Gasteiger charge is 2.62. The van der Waals surface area contributed by atoms with E-state index in [1.165, 1.54) is 12.1 Å². The highest BCUT2D eigenvalue weighted by Crippen LogP contribution is 2.57. The molecule has 2 amide bonds. The van der Waals surface area contributed by atoms with Crippen molar-refractivity contribution in [2.24, 2.45) is 11.8 Å². The van der Waals surface area contributed by atoms with Crippen LogP contribution in [0.2, 0.25) is 5.02 Å². The minimum Gasteiger partial charge on any atom is -0.299 e. The Hall–Kier alpha value is -3.06. The van der Waals surface area contributed by atoms with Crippen molar-refractivity contribution >= 4 is 40.6 Å². The van der Waals surface area contributed by atoms with E-state index in [1.54, 1.807) is 0 Å². The van der Waals surface area contributed by atoms with E-state index in [0.717, 1.165) is 22.1 Å². The first kappa shape index (κ1) is 17.1. The summed E-state index contributed by atoms with van der Waals surface area (Å²) in [5.41, 5.74) is 1.49. The second-order valence-corrected chi connectivity index (χ2v) is 7.75. The minimum atomic E-state index is -0.761. The van der Waals surface area contributed by atoms with Gasteiger partial charge in [-0.05, 0) is 23.3 Å². The number of carbonyl (C=O) groups is 3. The maximum Gasteiger partial charge on any atom is 0.289 e. The zero-order valence-corrected chi connectivity index (χ0v) is 15.1. The molecule has 7 nitrogen and oxygen atoms in total. The number of hydrogen-bond donors (Lipinski definition) is 0. The summed E-state index contributed by atoms with van der Waals surface area (Å²) in [6, 6.07) is 11.3. The van der Waals surface area contributed by atoms with Gasteiger partial charge in [0.1, 0.15) is 10.8 Å². The van der Waals surface area contributed by atoms with Gasteiger partial charge in [-0.25, -0.2) is 4.90 Å². The van der Waals surface area contributed by atoms with Crippen molar-refractivity contribution in [3.63, 3.8) is 0 Å². The van der Waals surface area contributed by atoms with Crippen LogP contribution in [-0.4, -0.2) is 22.5 Å². The Kier molecular flexibility index (Phi) is 3.49. The molecule has 0 spiro atoms. The van der Waals surface area contributed by atoms with Crippen LogP contribution in [-0.2, 0) is 14.4 Å². The lowest BCUT2D eigenvalue weighted by Crippen LogP contribution is -2.44. The fraction of sp³-hybridized carbons (Fsp3) is 0.250. The van der Waals surface area contributed by atoms with Crippen LogP contribution in [0, 0.1) is 22.0 Å². The molecule has 1 heterocycles. The number of anilines is 1. The van der Waals surface area contributed by atoms with Gasteiger partial charge in [-0.1, -0.05) is 35.9 Å². The molecule has 1 saturated heterocycles. The van der Waals surface area contributed by atoms with Crippen molar-refractivity contribution in [1.29, 1.82) is 0 Å². The topological polar surface area (TPSA) is 97.6 Å². The first-order valence-electron chi connectivity index (χ1n) is 8.83. The molecule has 3 aliphatic carbocycles. The number of rotatable bonds is 2. The highest BCUT2D eigenvalue weighted by molar-refractivity contribution is 6.33. The van der Waals surface area contributed by atoms with Gasteiger partial charge in [0.15, 0.2) is 0 Å². The van der Waals surface area contributed by atoms with Gasteiger partial charge in [0, 0.05) is 18.4 Å². The van der Waals surface area contributed by atoms with Crippen LogP contribution in [0.1, 0.15) is 29.4 Å². The molecule has 2 aromatic carbocycles. The molecule has 0 N–H and O–H groups in total. The Balaban J connectivity index is 1.63. The molecule has 1 aliphatic heterocycles. The average Bonchev–Trinajstić information content (AvgIpc) is 2.94. The molecule has 28 heavy (non-hydrogen) atoms. The van der Waals surface area contributed by atoms with E-state index in [1.807, 2.05) is 24.3 Å². The summed E-state index contributed by atoms with van der Waals surface area (Å²) in [7, 11) is 0. The summed E-state index contributed by atoms with van der Waals surface area (Å²) >= 11 is 5.85. The number of imide groups is 1. The van der Waals surface area contributed by atoms with Gasteiger partial charge in [-0.2, -0.15) is 0 Å². The van der Waals surface area contributed by atoms with E-state index in [-0.39, 0.29) is 34.5 Å². The van der Waals surface area contributed by atoms with Crippen LogP contribution in [0.25, 0.3) is 0 Å². The van der Waals surface area contributed by atoms with Gasteiger partial charge in [0.2, 0.25) is 11.8 Å². The Bertz CT molecular complexity index is 1100. The normalized spacial score (nSPS) is 27.8. The van der Waals surface area contributed by atoms with Gasteiger partial charge in [0.05, 0.1) is 28.4 Å². The molecule has 0 aromatic heterocycles. The summed E-state index contributed by atoms with van der Waals surface area (Å²) < 4.78 is 0. The number of nitro groups is 1. The standard InChI is InChI=1S/C20H13ClN2O5/c21-13-6-5-9(7-14(13)23(27)28)22-19(25)17-12-8-15(24)16(18(17)20(22)26)11-4-2-1-3-10(11)12/h1-7,12,16-18H,8H2/t12-,16+,17-,18-/m1/s1. The van der Waals surface area contributed by atoms with Crippen molar-refractivity contribution < 1.29 is 19.3 Å². The largest absolute Gasteiger partial charge is 0.299 e. The maximum atomic E-state index is 13.2. The Labute approximate surface area is 164 Å². The number of fused-ring (bicyclic) bond motifs is 1. The van der Waals surface area contributed by atoms with Crippen LogP contribution in [0.15, 0.2) is 42.5 Å². The number of benzene rings is 2. The summed E-state index contributed by atoms with van der Waals surface area (Å²) in [5.74, 6) is -3.30. The smallest absolute Gasteiger partial charge is 0.289 e. The van der Waals surface area contributed by atoms with Crippen LogP contribution in [0.5, 0.6) is 0 Å². The zero-order valence-electron chi connectivity index (χ0n) is 14.4. The second kappa shape index (κ2) is 5.72. The lowest BCUT2D eigenvalue weighted by Gasteiger charge is -2.43. The third-order valence-corrected chi connectivity index (χ3v) is 6.39. The molecular formula is C20H13ClN2O5. The maximum absolute atomic E-state index is 13.2. The predicted molar refractivity (Wildman–Crippen MR) is 99.1 cm³/mol. The molecule has 0 unspecified atom stereocenters. The van der Waals surface area contributed by atoms with Crippen molar-refractivity contribution in [1.82, 2.24) is 0 Å².